The Morgan fingerprint density at radius 1 is 0.971 bits per heavy atom. The van der Waals surface area contributed by atoms with Gasteiger partial charge in [0.15, 0.2) is 6.61 Å². The zero-order chi connectivity index (χ0) is 24.8. The Morgan fingerprint density at radius 2 is 1.49 bits per heavy atom. The van der Waals surface area contributed by atoms with Crippen molar-refractivity contribution < 1.29 is 14.3 Å². The average molecular weight is 464 g/mol. The van der Waals surface area contributed by atoms with Crippen LogP contribution in [0, 0.1) is 18.3 Å². The second kappa shape index (κ2) is 10.1. The Kier molecular flexibility index (Phi) is 6.79. The number of hydrogen-bond acceptors (Lipinski definition) is 5. The number of ether oxygens (including phenoxy) is 2. The van der Waals surface area contributed by atoms with E-state index in [0.717, 1.165) is 16.8 Å². The first-order valence-corrected chi connectivity index (χ1v) is 11.1. The molecule has 0 amide bonds. The smallest absolute Gasteiger partial charge is 0.343 e. The van der Waals surface area contributed by atoms with Crippen LogP contribution in [0.25, 0.3) is 5.69 Å². The van der Waals surface area contributed by atoms with E-state index in [-0.39, 0.29) is 6.61 Å². The number of carbonyl (C=O) groups is 1. The maximum absolute atomic E-state index is 12.1. The molecule has 0 radical (unpaired) electrons. The molecule has 0 bridgehead atoms. The third kappa shape index (κ3) is 4.20. The first-order chi connectivity index (χ1) is 17.0. The molecule has 0 saturated carbocycles. The van der Waals surface area contributed by atoms with Gasteiger partial charge >= 0.3 is 5.97 Å². The number of benzene rings is 3. The first-order valence-electron chi connectivity index (χ1n) is 11.1. The zero-order valence-electron chi connectivity index (χ0n) is 19.6. The van der Waals surface area contributed by atoms with Crippen LogP contribution in [0.15, 0.2) is 103 Å². The van der Waals surface area contributed by atoms with Gasteiger partial charge in [-0.1, -0.05) is 85.4 Å². The van der Waals surface area contributed by atoms with Gasteiger partial charge in [-0.05, 0) is 30.2 Å². The van der Waals surface area contributed by atoms with E-state index in [4.69, 9.17) is 14.6 Å². The molecule has 1 heterocycles. The van der Waals surface area contributed by atoms with E-state index in [1.54, 1.807) is 4.68 Å². The van der Waals surface area contributed by atoms with Crippen LogP contribution >= 0.6 is 0 Å². The van der Waals surface area contributed by atoms with E-state index >= 15 is 0 Å². The molecule has 0 atom stereocenters. The highest BCUT2D eigenvalue weighted by Gasteiger charge is 2.45. The molecule has 35 heavy (non-hydrogen) atoms. The van der Waals surface area contributed by atoms with E-state index in [1.807, 2.05) is 97.9 Å². The molecule has 0 N–H and O–H groups in total. The summed E-state index contributed by atoms with van der Waals surface area (Å²) in [6, 6.07) is 31.1. The van der Waals surface area contributed by atoms with Crippen molar-refractivity contribution in [3.63, 3.8) is 0 Å². The van der Waals surface area contributed by atoms with Gasteiger partial charge in [0.2, 0.25) is 5.88 Å². The normalized spacial score (nSPS) is 10.9. The van der Waals surface area contributed by atoms with E-state index < -0.39 is 11.4 Å². The largest absolute Gasteiger partial charge is 0.466 e. The molecule has 4 aromatic rings. The predicted octanol–water partition coefficient (Wildman–Crippen LogP) is 5.15. The van der Waals surface area contributed by atoms with E-state index in [2.05, 4.69) is 12.6 Å². The molecule has 6 heteroatoms. The zero-order valence-corrected chi connectivity index (χ0v) is 19.6. The summed E-state index contributed by atoms with van der Waals surface area (Å²) in [4.78, 5) is 12.1. The molecule has 0 unspecified atom stereocenters. The summed E-state index contributed by atoms with van der Waals surface area (Å²) in [5, 5.41) is 15.0. The number of methoxy groups -OCH3 is 1. The lowest BCUT2D eigenvalue weighted by Crippen LogP contribution is -2.32. The van der Waals surface area contributed by atoms with Gasteiger partial charge in [-0.15, -0.1) is 0 Å². The number of nitrogens with zero attached hydrogens (tertiary/aromatic N) is 3. The fraction of sp³-hybridized carbons (Fsp3) is 0.138. The molecule has 174 valence electrons. The number of para-hydroxylation sites is 1. The van der Waals surface area contributed by atoms with Crippen LogP contribution in [-0.4, -0.2) is 29.5 Å². The lowest BCUT2D eigenvalue weighted by molar-refractivity contribution is -0.143. The molecule has 0 aliphatic heterocycles. The molecule has 0 fully saturated rings. The number of esters is 1. The van der Waals surface area contributed by atoms with Crippen molar-refractivity contribution in [1.82, 2.24) is 9.78 Å². The number of aryl methyl sites for hydroxylation is 1. The highest BCUT2D eigenvalue weighted by molar-refractivity contribution is 5.71. The number of hydrogen-bond donors (Lipinski definition) is 0. The molecule has 4 rings (SSSR count). The predicted molar refractivity (Wildman–Crippen MR) is 133 cm³/mol. The van der Waals surface area contributed by atoms with Gasteiger partial charge in [0.1, 0.15) is 0 Å². The van der Waals surface area contributed by atoms with Crippen molar-refractivity contribution in [3.05, 3.63) is 126 Å². The molecule has 0 saturated heterocycles. The standard InChI is InChI=1S/C29H25N3O3/c1-21(19-30)29(23-13-7-4-8-14-23,24-15-9-5-10-16-24)27-22(2)31-32(25-17-11-6-12-18-25)28(27)35-20-26(33)34-3/h4-18H,1,20H2,2-3H3. The van der Waals surface area contributed by atoms with Gasteiger partial charge in [-0.25, -0.2) is 9.48 Å². The lowest BCUT2D eigenvalue weighted by Gasteiger charge is -2.35. The van der Waals surface area contributed by atoms with E-state index in [9.17, 15) is 10.1 Å². The second-order valence-corrected chi connectivity index (χ2v) is 7.95. The van der Waals surface area contributed by atoms with Gasteiger partial charge < -0.3 is 9.47 Å². The number of nitriles is 1. The monoisotopic (exact) mass is 463 g/mol. The van der Waals surface area contributed by atoms with Crippen LogP contribution < -0.4 is 4.74 Å². The summed E-state index contributed by atoms with van der Waals surface area (Å²) >= 11 is 0. The maximum Gasteiger partial charge on any atom is 0.343 e. The van der Waals surface area contributed by atoms with Gasteiger partial charge in [0.05, 0.1) is 35.5 Å². The van der Waals surface area contributed by atoms with Crippen molar-refractivity contribution in [2.75, 3.05) is 13.7 Å². The first kappa shape index (κ1) is 23.5. The number of carbonyl (C=O) groups excluding carboxylic acids is 1. The minimum Gasteiger partial charge on any atom is -0.466 e. The van der Waals surface area contributed by atoms with Crippen LogP contribution in [0.2, 0.25) is 0 Å². The highest BCUT2D eigenvalue weighted by Crippen LogP contribution is 2.49. The maximum atomic E-state index is 12.1. The van der Waals surface area contributed by atoms with Crippen molar-refractivity contribution in [2.45, 2.75) is 12.3 Å². The van der Waals surface area contributed by atoms with Crippen LogP contribution in [0.5, 0.6) is 5.88 Å². The Balaban J connectivity index is 2.12. The Bertz CT molecular complexity index is 1330. The summed E-state index contributed by atoms with van der Waals surface area (Å²) in [5.74, 6) is -0.193. The van der Waals surface area contributed by atoms with Crippen molar-refractivity contribution in [2.24, 2.45) is 0 Å². The SMILES string of the molecule is C=C(C#N)C(c1ccccc1)(c1ccccc1)c1c(C)nn(-c2ccccc2)c1OCC(=O)OC. The third-order valence-corrected chi connectivity index (χ3v) is 5.95. The second-order valence-electron chi connectivity index (χ2n) is 7.95. The summed E-state index contributed by atoms with van der Waals surface area (Å²) in [6.45, 7) is 5.75. The molecule has 0 aliphatic rings. The lowest BCUT2D eigenvalue weighted by atomic mass is 9.65. The molecule has 0 spiro atoms. The molecule has 3 aromatic carbocycles. The molecule has 0 aliphatic carbocycles. The molecular weight excluding hydrogens is 438 g/mol. The Hall–Kier alpha value is -4.63. The van der Waals surface area contributed by atoms with E-state index in [1.165, 1.54) is 7.11 Å². The quantitative estimate of drug-likeness (QED) is 0.267. The van der Waals surface area contributed by atoms with Gasteiger partial charge in [-0.3, -0.25) is 0 Å². The number of aromatic nitrogens is 2. The van der Waals surface area contributed by atoms with Crippen LogP contribution in [0.4, 0.5) is 0 Å². The Labute approximate surface area is 204 Å². The summed E-state index contributed by atoms with van der Waals surface area (Å²) in [5.41, 5.74) is 2.87. The number of rotatable bonds is 8. The molecule has 6 nitrogen and oxygen atoms in total. The van der Waals surface area contributed by atoms with Crippen molar-refractivity contribution >= 4 is 5.97 Å². The Morgan fingerprint density at radius 3 is 1.97 bits per heavy atom. The van der Waals surface area contributed by atoms with Crippen molar-refractivity contribution in [1.29, 1.82) is 5.26 Å². The van der Waals surface area contributed by atoms with Crippen LogP contribution in [0.1, 0.15) is 22.4 Å². The van der Waals surface area contributed by atoms with Gasteiger partial charge in [0, 0.05) is 5.57 Å². The fourth-order valence-electron chi connectivity index (χ4n) is 4.42. The molecule has 1 aromatic heterocycles. The van der Waals surface area contributed by atoms with Crippen LogP contribution in [0.3, 0.4) is 0 Å². The fourth-order valence-corrected chi connectivity index (χ4v) is 4.42. The van der Waals surface area contributed by atoms with E-state index in [0.29, 0.717) is 22.7 Å². The minimum atomic E-state index is -1.11. The topological polar surface area (TPSA) is 77.1 Å². The summed E-state index contributed by atoms with van der Waals surface area (Å²) < 4.78 is 12.6. The highest BCUT2D eigenvalue weighted by atomic mass is 16.6. The van der Waals surface area contributed by atoms with Crippen molar-refractivity contribution in [3.8, 4) is 17.6 Å². The summed E-state index contributed by atoms with van der Waals surface area (Å²) in [7, 11) is 1.31. The minimum absolute atomic E-state index is 0.300. The third-order valence-electron chi connectivity index (χ3n) is 5.95. The average Bonchev–Trinajstić information content (AvgIpc) is 3.25. The summed E-state index contributed by atoms with van der Waals surface area (Å²) in [6.07, 6.45) is 0. The van der Waals surface area contributed by atoms with Crippen LogP contribution in [-0.2, 0) is 14.9 Å². The van der Waals surface area contributed by atoms with Gasteiger partial charge in [-0.2, -0.15) is 10.4 Å². The van der Waals surface area contributed by atoms with Gasteiger partial charge in [0.25, 0.3) is 0 Å². The molecular formula is C29H25N3O3. The number of allylic oxidation sites excluding steroid dienone is 1.